The minimum atomic E-state index is 0.732. The zero-order chi connectivity index (χ0) is 12.0. The van der Waals surface area contributed by atoms with Crippen LogP contribution in [0.4, 0.5) is 5.69 Å². The third-order valence-corrected chi connectivity index (χ3v) is 3.98. The second kappa shape index (κ2) is 3.60. The first-order valence-corrected chi connectivity index (χ1v) is 6.25. The Kier molecular flexibility index (Phi) is 2.19. The fourth-order valence-electron chi connectivity index (χ4n) is 2.01. The zero-order valence-electron chi connectivity index (χ0n) is 9.77. The van der Waals surface area contributed by atoms with Crippen molar-refractivity contribution < 1.29 is 0 Å². The highest BCUT2D eigenvalue weighted by Gasteiger charge is 2.11. The van der Waals surface area contributed by atoms with Crippen molar-refractivity contribution in [2.45, 2.75) is 6.92 Å². The van der Waals surface area contributed by atoms with Gasteiger partial charge in [0.2, 0.25) is 0 Å². The van der Waals surface area contributed by atoms with Gasteiger partial charge >= 0.3 is 0 Å². The van der Waals surface area contributed by atoms with Crippen molar-refractivity contribution >= 4 is 27.1 Å². The molecule has 0 atom stereocenters. The average molecular weight is 243 g/mol. The molecule has 2 N–H and O–H groups in total. The number of hydrogen-bond acceptors (Lipinski definition) is 3. The normalized spacial score (nSPS) is 11.2. The van der Waals surface area contributed by atoms with Crippen molar-refractivity contribution in [3.8, 4) is 10.6 Å². The first-order chi connectivity index (χ1) is 8.15. The predicted octanol–water partition coefficient (Wildman–Crippen LogP) is 3.19. The van der Waals surface area contributed by atoms with Gasteiger partial charge in [0.1, 0.15) is 5.69 Å². The number of hydrogen-bond donors (Lipinski definition) is 1. The van der Waals surface area contributed by atoms with E-state index in [4.69, 9.17) is 5.73 Å². The third kappa shape index (κ3) is 1.61. The number of aromatic nitrogens is 2. The molecule has 0 saturated heterocycles. The van der Waals surface area contributed by atoms with E-state index >= 15 is 0 Å². The van der Waals surface area contributed by atoms with Gasteiger partial charge in [0, 0.05) is 11.7 Å². The Morgan fingerprint density at radius 3 is 2.82 bits per heavy atom. The van der Waals surface area contributed by atoms with Gasteiger partial charge in [-0.05, 0) is 30.0 Å². The van der Waals surface area contributed by atoms with Gasteiger partial charge in [-0.2, -0.15) is 5.10 Å². The van der Waals surface area contributed by atoms with Crippen LogP contribution in [0.5, 0.6) is 0 Å². The molecule has 17 heavy (non-hydrogen) atoms. The maximum atomic E-state index is 5.95. The molecule has 2 heterocycles. The van der Waals surface area contributed by atoms with E-state index in [9.17, 15) is 0 Å². The number of nitrogens with zero attached hydrogens (tertiary/aromatic N) is 2. The number of fused-ring (bicyclic) bond motifs is 1. The van der Waals surface area contributed by atoms with Crippen molar-refractivity contribution in [2.75, 3.05) is 5.73 Å². The maximum absolute atomic E-state index is 5.95. The smallest absolute Gasteiger partial charge is 0.101 e. The van der Waals surface area contributed by atoms with Crippen LogP contribution in [0.2, 0.25) is 0 Å². The summed E-state index contributed by atoms with van der Waals surface area (Å²) in [5.74, 6) is 0. The zero-order valence-corrected chi connectivity index (χ0v) is 10.6. The van der Waals surface area contributed by atoms with Gasteiger partial charge in [-0.1, -0.05) is 12.1 Å². The molecular formula is C13H13N3S. The molecule has 3 aromatic rings. The Morgan fingerprint density at radius 1 is 1.29 bits per heavy atom. The van der Waals surface area contributed by atoms with Crippen LogP contribution in [-0.2, 0) is 7.05 Å². The van der Waals surface area contributed by atoms with E-state index in [1.54, 1.807) is 17.5 Å². The standard InChI is InChI=1S/C13H13N3S/c1-8-3-4-9-6-12(17-11(9)5-8)13-10(14)7-15-16(13)2/h3-7H,14H2,1-2H3. The topological polar surface area (TPSA) is 43.8 Å². The summed E-state index contributed by atoms with van der Waals surface area (Å²) in [7, 11) is 1.92. The first-order valence-electron chi connectivity index (χ1n) is 5.43. The quantitative estimate of drug-likeness (QED) is 0.713. The Hall–Kier alpha value is -1.81. The van der Waals surface area contributed by atoms with Gasteiger partial charge in [0.05, 0.1) is 16.8 Å². The summed E-state index contributed by atoms with van der Waals surface area (Å²) in [6, 6.07) is 8.66. The molecule has 86 valence electrons. The molecule has 0 aliphatic carbocycles. The monoisotopic (exact) mass is 243 g/mol. The average Bonchev–Trinajstić information content (AvgIpc) is 2.81. The van der Waals surface area contributed by atoms with Crippen LogP contribution in [0, 0.1) is 6.92 Å². The number of aryl methyl sites for hydroxylation is 2. The minimum Gasteiger partial charge on any atom is -0.396 e. The Morgan fingerprint density at radius 2 is 2.12 bits per heavy atom. The fourth-order valence-corrected chi connectivity index (χ4v) is 3.27. The lowest BCUT2D eigenvalue weighted by Crippen LogP contribution is -1.93. The summed E-state index contributed by atoms with van der Waals surface area (Å²) in [5, 5.41) is 5.44. The van der Waals surface area contributed by atoms with E-state index in [2.05, 4.69) is 36.3 Å². The molecule has 2 aromatic heterocycles. The largest absolute Gasteiger partial charge is 0.396 e. The predicted molar refractivity (Wildman–Crippen MR) is 73.2 cm³/mol. The molecule has 0 amide bonds. The molecular weight excluding hydrogens is 230 g/mol. The van der Waals surface area contributed by atoms with E-state index in [1.807, 2.05) is 11.7 Å². The van der Waals surface area contributed by atoms with Crippen molar-refractivity contribution in [3.63, 3.8) is 0 Å². The van der Waals surface area contributed by atoms with Crippen LogP contribution in [-0.4, -0.2) is 9.78 Å². The van der Waals surface area contributed by atoms with Gasteiger partial charge in [-0.25, -0.2) is 0 Å². The molecule has 0 aliphatic rings. The van der Waals surface area contributed by atoms with E-state index in [0.717, 1.165) is 11.4 Å². The molecule has 1 aromatic carbocycles. The number of nitrogens with two attached hydrogens (primary N) is 1. The molecule has 0 aliphatic heterocycles. The number of rotatable bonds is 1. The third-order valence-electron chi connectivity index (χ3n) is 2.88. The number of nitrogen functional groups attached to an aromatic ring is 1. The fraction of sp³-hybridized carbons (Fsp3) is 0.154. The summed E-state index contributed by atoms with van der Waals surface area (Å²) in [6.45, 7) is 2.11. The Labute approximate surface area is 103 Å². The maximum Gasteiger partial charge on any atom is 0.101 e. The molecule has 3 rings (SSSR count). The second-order valence-corrected chi connectivity index (χ2v) is 5.31. The van der Waals surface area contributed by atoms with Crippen molar-refractivity contribution in [1.29, 1.82) is 0 Å². The van der Waals surface area contributed by atoms with Crippen LogP contribution in [0.1, 0.15) is 5.56 Å². The molecule has 0 saturated carbocycles. The van der Waals surface area contributed by atoms with Crippen LogP contribution in [0.15, 0.2) is 30.5 Å². The highest BCUT2D eigenvalue weighted by Crippen LogP contribution is 2.36. The highest BCUT2D eigenvalue weighted by atomic mass is 32.1. The highest BCUT2D eigenvalue weighted by molar-refractivity contribution is 7.22. The van der Waals surface area contributed by atoms with Crippen LogP contribution in [0.3, 0.4) is 0 Å². The van der Waals surface area contributed by atoms with Crippen LogP contribution < -0.4 is 5.73 Å². The summed E-state index contributed by atoms with van der Waals surface area (Å²) in [5.41, 5.74) is 8.97. The molecule has 4 heteroatoms. The Balaban J connectivity index is 2.25. The molecule has 0 radical (unpaired) electrons. The number of anilines is 1. The lowest BCUT2D eigenvalue weighted by Gasteiger charge is -1.98. The molecule has 3 nitrogen and oxygen atoms in total. The van der Waals surface area contributed by atoms with Gasteiger partial charge in [-0.15, -0.1) is 11.3 Å². The molecule has 0 unspecified atom stereocenters. The Bertz CT molecular complexity index is 674. The molecule has 0 bridgehead atoms. The molecule has 0 spiro atoms. The summed E-state index contributed by atoms with van der Waals surface area (Å²) < 4.78 is 3.12. The lowest BCUT2D eigenvalue weighted by atomic mass is 10.2. The van der Waals surface area contributed by atoms with Crippen molar-refractivity contribution in [1.82, 2.24) is 9.78 Å². The number of thiophene rings is 1. The minimum absolute atomic E-state index is 0.732. The van der Waals surface area contributed by atoms with E-state index < -0.39 is 0 Å². The molecule has 0 fully saturated rings. The van der Waals surface area contributed by atoms with E-state index in [0.29, 0.717) is 0 Å². The van der Waals surface area contributed by atoms with E-state index in [1.165, 1.54) is 20.5 Å². The SMILES string of the molecule is Cc1ccc2cc(-c3c(N)cnn3C)sc2c1. The van der Waals surface area contributed by atoms with Gasteiger partial charge < -0.3 is 5.73 Å². The lowest BCUT2D eigenvalue weighted by molar-refractivity contribution is 0.777. The van der Waals surface area contributed by atoms with Crippen molar-refractivity contribution in [3.05, 3.63) is 36.0 Å². The second-order valence-electron chi connectivity index (χ2n) is 4.22. The van der Waals surface area contributed by atoms with Crippen LogP contribution in [0.25, 0.3) is 20.7 Å². The summed E-state index contributed by atoms with van der Waals surface area (Å²) >= 11 is 1.76. The van der Waals surface area contributed by atoms with Crippen molar-refractivity contribution in [2.24, 2.45) is 7.05 Å². The van der Waals surface area contributed by atoms with Gasteiger partial charge in [0.25, 0.3) is 0 Å². The van der Waals surface area contributed by atoms with Crippen LogP contribution >= 0.6 is 11.3 Å². The van der Waals surface area contributed by atoms with Gasteiger partial charge in [0.15, 0.2) is 0 Å². The van der Waals surface area contributed by atoms with Gasteiger partial charge in [-0.3, -0.25) is 4.68 Å². The number of benzene rings is 1. The summed E-state index contributed by atoms with van der Waals surface area (Å²) in [6.07, 6.45) is 1.70. The van der Waals surface area contributed by atoms with E-state index in [-0.39, 0.29) is 0 Å². The first kappa shape index (κ1) is 10.4. The summed E-state index contributed by atoms with van der Waals surface area (Å²) in [4.78, 5) is 1.17.